The van der Waals surface area contributed by atoms with Crippen molar-refractivity contribution in [2.45, 2.75) is 19.3 Å². The minimum atomic E-state index is -0.167. The van der Waals surface area contributed by atoms with Gasteiger partial charge in [0.05, 0.1) is 11.4 Å². The van der Waals surface area contributed by atoms with Gasteiger partial charge in [-0.3, -0.25) is 4.90 Å². The van der Waals surface area contributed by atoms with Crippen LogP contribution in [0.15, 0.2) is 158 Å². The molecule has 10 rings (SSSR count). The molecule has 0 radical (unpaired) electrons. The topological polar surface area (TPSA) is 41.9 Å². The Balaban J connectivity index is 1.34. The van der Waals surface area contributed by atoms with Gasteiger partial charge in [0.1, 0.15) is 0 Å². The fraction of sp³-hybridized carbons (Fsp3) is 0.0652. The molecule has 1 aromatic heterocycles. The summed E-state index contributed by atoms with van der Waals surface area (Å²) in [4.78, 5) is 18.0. The first-order valence-electron chi connectivity index (χ1n) is 17.1. The van der Waals surface area contributed by atoms with Gasteiger partial charge >= 0.3 is 0 Å². The van der Waals surface area contributed by atoms with Gasteiger partial charge in [-0.15, -0.1) is 0 Å². The normalized spacial score (nSPS) is 13.5. The Bertz CT molecular complexity index is 2550. The fourth-order valence-electron chi connectivity index (χ4n) is 8.12. The Kier molecular flexibility index (Phi) is 6.19. The van der Waals surface area contributed by atoms with E-state index in [1.807, 2.05) is 36.4 Å². The van der Waals surface area contributed by atoms with Crippen molar-refractivity contribution in [3.8, 4) is 56.2 Å². The molecule has 4 heteroatoms. The highest BCUT2D eigenvalue weighted by Gasteiger charge is 2.41. The summed E-state index contributed by atoms with van der Waals surface area (Å²) in [6.45, 7) is 4.67. The van der Waals surface area contributed by atoms with Crippen molar-refractivity contribution in [3.63, 3.8) is 0 Å². The van der Waals surface area contributed by atoms with Crippen molar-refractivity contribution in [3.05, 3.63) is 169 Å². The van der Waals surface area contributed by atoms with Crippen LogP contribution in [0.25, 0.3) is 66.9 Å². The van der Waals surface area contributed by atoms with Crippen LogP contribution in [0.1, 0.15) is 25.0 Å². The van der Waals surface area contributed by atoms with Crippen molar-refractivity contribution in [1.29, 1.82) is 0 Å². The molecule has 1 aliphatic heterocycles. The van der Waals surface area contributed by atoms with E-state index in [9.17, 15) is 0 Å². The van der Waals surface area contributed by atoms with Crippen molar-refractivity contribution >= 4 is 28.1 Å². The molecule has 0 saturated heterocycles. The largest absolute Gasteiger partial charge is 0.277 e. The van der Waals surface area contributed by atoms with Crippen molar-refractivity contribution in [2.24, 2.45) is 0 Å². The minimum absolute atomic E-state index is 0.167. The predicted octanol–water partition coefficient (Wildman–Crippen LogP) is 11.8. The third-order valence-corrected chi connectivity index (χ3v) is 10.5. The number of rotatable bonds is 4. The Hall–Kier alpha value is -6.39. The zero-order chi connectivity index (χ0) is 33.4. The molecule has 50 heavy (non-hydrogen) atoms. The summed E-state index contributed by atoms with van der Waals surface area (Å²) in [6, 6.07) is 55.9. The van der Waals surface area contributed by atoms with E-state index in [4.69, 9.17) is 15.0 Å². The van der Waals surface area contributed by atoms with E-state index in [-0.39, 0.29) is 5.41 Å². The molecule has 0 saturated carbocycles. The standard InChI is InChI=1S/C46H32N4/c1-46(2)37-23-13-12-21-36(37)41-38(46)28-27-35-34-26-25-32(29-15-6-3-7-16-29)33-22-14-24-39(40(33)34)50(42(35)41)45-48-43(30-17-8-4-9-18-30)47-44(49-45)31-19-10-5-11-20-31/h3-28H,1-2H3. The first-order valence-corrected chi connectivity index (χ1v) is 17.1. The number of hydrogen-bond donors (Lipinski definition) is 0. The summed E-state index contributed by atoms with van der Waals surface area (Å²) >= 11 is 0. The van der Waals surface area contributed by atoms with Crippen LogP contribution >= 0.6 is 0 Å². The van der Waals surface area contributed by atoms with Crippen LogP contribution in [0.2, 0.25) is 0 Å². The van der Waals surface area contributed by atoms with Crippen LogP contribution in [-0.4, -0.2) is 15.0 Å². The molecule has 8 aromatic rings. The maximum absolute atomic E-state index is 5.31. The van der Waals surface area contributed by atoms with E-state index >= 15 is 0 Å². The first kappa shape index (κ1) is 28.6. The van der Waals surface area contributed by atoms with Crippen LogP contribution in [0, 0.1) is 0 Å². The Morgan fingerprint density at radius 2 is 1.02 bits per heavy atom. The van der Waals surface area contributed by atoms with Gasteiger partial charge in [0, 0.05) is 33.1 Å². The first-order chi connectivity index (χ1) is 24.6. The number of aromatic nitrogens is 3. The van der Waals surface area contributed by atoms with E-state index < -0.39 is 0 Å². The van der Waals surface area contributed by atoms with Gasteiger partial charge < -0.3 is 0 Å². The van der Waals surface area contributed by atoms with Crippen molar-refractivity contribution in [1.82, 2.24) is 15.0 Å². The number of benzene rings is 7. The average Bonchev–Trinajstić information content (AvgIpc) is 3.42. The second kappa shape index (κ2) is 10.8. The van der Waals surface area contributed by atoms with E-state index in [0.29, 0.717) is 17.6 Å². The lowest BCUT2D eigenvalue weighted by atomic mass is 9.80. The molecular weight excluding hydrogens is 609 g/mol. The van der Waals surface area contributed by atoms with Crippen LogP contribution < -0.4 is 4.90 Å². The summed E-state index contributed by atoms with van der Waals surface area (Å²) < 4.78 is 0. The van der Waals surface area contributed by atoms with Gasteiger partial charge in [0.25, 0.3) is 0 Å². The molecule has 0 unspecified atom stereocenters. The third-order valence-electron chi connectivity index (χ3n) is 10.5. The zero-order valence-corrected chi connectivity index (χ0v) is 27.8. The Morgan fingerprint density at radius 3 is 1.70 bits per heavy atom. The fourth-order valence-corrected chi connectivity index (χ4v) is 8.12. The number of nitrogens with zero attached hydrogens (tertiary/aromatic N) is 4. The third kappa shape index (κ3) is 4.15. The summed E-state index contributed by atoms with van der Waals surface area (Å²) in [6.07, 6.45) is 0. The van der Waals surface area contributed by atoms with Crippen molar-refractivity contribution < 1.29 is 0 Å². The lowest BCUT2D eigenvalue weighted by molar-refractivity contribution is 0.660. The molecule has 236 valence electrons. The number of hydrogen-bond acceptors (Lipinski definition) is 4. The van der Waals surface area contributed by atoms with E-state index in [0.717, 1.165) is 22.5 Å². The maximum atomic E-state index is 5.31. The quantitative estimate of drug-likeness (QED) is 0.192. The summed E-state index contributed by atoms with van der Waals surface area (Å²) in [7, 11) is 0. The second-order valence-corrected chi connectivity index (χ2v) is 13.6. The van der Waals surface area contributed by atoms with Crippen LogP contribution in [0.5, 0.6) is 0 Å². The van der Waals surface area contributed by atoms with Crippen molar-refractivity contribution in [2.75, 3.05) is 4.90 Å². The number of anilines is 3. The molecule has 7 aromatic carbocycles. The van der Waals surface area contributed by atoms with Gasteiger partial charge in [-0.2, -0.15) is 9.97 Å². The lowest BCUT2D eigenvalue weighted by Crippen LogP contribution is -2.21. The van der Waals surface area contributed by atoms with Gasteiger partial charge in [-0.05, 0) is 44.8 Å². The van der Waals surface area contributed by atoms with Gasteiger partial charge in [0.2, 0.25) is 5.95 Å². The molecule has 4 nitrogen and oxygen atoms in total. The smallest absolute Gasteiger partial charge is 0.238 e. The monoisotopic (exact) mass is 640 g/mol. The Labute approximate surface area is 291 Å². The van der Waals surface area contributed by atoms with E-state index in [2.05, 4.69) is 140 Å². The SMILES string of the molecule is CC1(C)c2ccccc2-c2c1ccc1c2N(c2nc(-c3ccccc3)nc(-c3ccccc3)n2)c2cccc3c(-c4ccccc4)ccc-1c23. The molecule has 0 spiro atoms. The number of fused-ring (bicyclic) bond motifs is 6. The molecule has 0 fully saturated rings. The minimum Gasteiger partial charge on any atom is -0.277 e. The highest BCUT2D eigenvalue weighted by atomic mass is 15.3. The van der Waals surface area contributed by atoms with E-state index in [1.165, 1.54) is 55.3 Å². The van der Waals surface area contributed by atoms with Crippen LogP contribution in [-0.2, 0) is 5.41 Å². The van der Waals surface area contributed by atoms with Gasteiger partial charge in [-0.25, -0.2) is 4.98 Å². The zero-order valence-electron chi connectivity index (χ0n) is 27.8. The lowest BCUT2D eigenvalue weighted by Gasteiger charge is -2.35. The van der Waals surface area contributed by atoms with Crippen LogP contribution in [0.3, 0.4) is 0 Å². The molecule has 0 amide bonds. The predicted molar refractivity (Wildman–Crippen MR) is 205 cm³/mol. The van der Waals surface area contributed by atoms with Gasteiger partial charge in [0.15, 0.2) is 11.6 Å². The summed E-state index contributed by atoms with van der Waals surface area (Å²) in [5.41, 5.74) is 13.8. The Morgan fingerprint density at radius 1 is 0.440 bits per heavy atom. The molecule has 0 N–H and O–H groups in total. The summed E-state index contributed by atoms with van der Waals surface area (Å²) in [5.74, 6) is 1.87. The molecule has 2 aliphatic rings. The maximum Gasteiger partial charge on any atom is 0.238 e. The molecule has 0 atom stereocenters. The second-order valence-electron chi connectivity index (χ2n) is 13.6. The average molecular weight is 641 g/mol. The van der Waals surface area contributed by atoms with Crippen LogP contribution in [0.4, 0.5) is 17.3 Å². The van der Waals surface area contributed by atoms with Gasteiger partial charge in [-0.1, -0.05) is 166 Å². The summed E-state index contributed by atoms with van der Waals surface area (Å²) in [5, 5.41) is 2.39. The molecular formula is C46H32N4. The highest BCUT2D eigenvalue weighted by Crippen LogP contribution is 2.60. The highest BCUT2D eigenvalue weighted by molar-refractivity contribution is 6.19. The molecule has 0 bridgehead atoms. The van der Waals surface area contributed by atoms with E-state index in [1.54, 1.807) is 0 Å². The molecule has 1 aliphatic carbocycles. The molecule has 2 heterocycles.